The molecule has 21 heavy (non-hydrogen) atoms. The van der Waals surface area contributed by atoms with Crippen LogP contribution in [0.25, 0.3) is 6.08 Å². The summed E-state index contributed by atoms with van der Waals surface area (Å²) in [7, 11) is 0. The van der Waals surface area contributed by atoms with E-state index in [9.17, 15) is 4.79 Å². The van der Waals surface area contributed by atoms with Crippen LogP contribution >= 0.6 is 0 Å². The molecule has 0 radical (unpaired) electrons. The van der Waals surface area contributed by atoms with Crippen molar-refractivity contribution >= 4 is 17.9 Å². The fourth-order valence-corrected chi connectivity index (χ4v) is 3.74. The first-order valence-electron chi connectivity index (χ1n) is 7.88. The summed E-state index contributed by atoms with van der Waals surface area (Å²) < 4.78 is 0. The number of aromatic nitrogens is 1. The van der Waals surface area contributed by atoms with E-state index in [1.165, 1.54) is 38.5 Å². The number of rotatable bonds is 3. The largest absolute Gasteiger partial charge is 0.478 e. The lowest BCUT2D eigenvalue weighted by Gasteiger charge is -2.44. The smallest absolute Gasteiger partial charge is 0.328 e. The molecule has 2 atom stereocenters. The minimum absolute atomic E-state index is 0.653. The highest BCUT2D eigenvalue weighted by Crippen LogP contribution is 2.37. The van der Waals surface area contributed by atoms with Gasteiger partial charge in [0.05, 0.1) is 0 Å². The first-order chi connectivity index (χ1) is 10.2. The van der Waals surface area contributed by atoms with E-state index in [0.717, 1.165) is 29.9 Å². The summed E-state index contributed by atoms with van der Waals surface area (Å²) in [5.74, 6) is 0.945. The Kier molecular flexibility index (Phi) is 4.23. The molecular formula is C17H22N2O2. The molecule has 0 aromatic carbocycles. The van der Waals surface area contributed by atoms with E-state index >= 15 is 0 Å². The standard InChI is InChI=1S/C17H22N2O2/c20-17(21)10-8-13-7-9-16(18-12-13)19-11-3-5-14-4-1-2-6-15(14)19/h7-10,12,14-15H,1-6,11H2,(H,20,21)/b10-8+/t14-,15-/m1/s1. The summed E-state index contributed by atoms with van der Waals surface area (Å²) in [5.41, 5.74) is 0.832. The zero-order valence-corrected chi connectivity index (χ0v) is 12.2. The lowest BCUT2D eigenvalue weighted by Crippen LogP contribution is -2.47. The Morgan fingerprint density at radius 3 is 2.81 bits per heavy atom. The van der Waals surface area contributed by atoms with Gasteiger partial charge in [0.1, 0.15) is 5.82 Å². The van der Waals surface area contributed by atoms with Crippen molar-refractivity contribution in [2.75, 3.05) is 11.4 Å². The van der Waals surface area contributed by atoms with Gasteiger partial charge in [0, 0.05) is 24.9 Å². The minimum atomic E-state index is -0.930. The molecule has 1 saturated carbocycles. The number of pyridine rings is 1. The van der Waals surface area contributed by atoms with E-state index in [-0.39, 0.29) is 0 Å². The Hall–Kier alpha value is -1.84. The topological polar surface area (TPSA) is 53.4 Å². The van der Waals surface area contributed by atoms with E-state index in [2.05, 4.69) is 9.88 Å². The number of carboxylic acids is 1. The number of fused-ring (bicyclic) bond motifs is 1. The fraction of sp³-hybridized carbons (Fsp3) is 0.529. The molecule has 0 bridgehead atoms. The molecule has 1 aromatic heterocycles. The van der Waals surface area contributed by atoms with E-state index in [1.807, 2.05) is 12.1 Å². The van der Waals surface area contributed by atoms with Crippen LogP contribution < -0.4 is 4.90 Å². The maximum Gasteiger partial charge on any atom is 0.328 e. The van der Waals surface area contributed by atoms with Crippen LogP contribution in [0.4, 0.5) is 5.82 Å². The molecule has 3 rings (SSSR count). The third-order valence-corrected chi connectivity index (χ3v) is 4.73. The molecule has 1 N–H and O–H groups in total. The van der Waals surface area contributed by atoms with Crippen LogP contribution in [0, 0.1) is 5.92 Å². The van der Waals surface area contributed by atoms with Crippen LogP contribution in [-0.4, -0.2) is 28.6 Å². The number of hydrogen-bond acceptors (Lipinski definition) is 3. The van der Waals surface area contributed by atoms with Gasteiger partial charge < -0.3 is 10.0 Å². The number of anilines is 1. The van der Waals surface area contributed by atoms with E-state index in [1.54, 1.807) is 12.3 Å². The average molecular weight is 286 g/mol. The predicted octanol–water partition coefficient (Wildman–Crippen LogP) is 3.34. The quantitative estimate of drug-likeness (QED) is 0.866. The van der Waals surface area contributed by atoms with Crippen molar-refractivity contribution in [2.24, 2.45) is 5.92 Å². The molecule has 1 aliphatic carbocycles. The zero-order chi connectivity index (χ0) is 14.7. The number of carboxylic acid groups (broad SMARTS) is 1. The van der Waals surface area contributed by atoms with E-state index < -0.39 is 5.97 Å². The molecule has 4 nitrogen and oxygen atoms in total. The summed E-state index contributed by atoms with van der Waals surface area (Å²) in [5, 5.41) is 8.65. The SMILES string of the molecule is O=C(O)/C=C/c1ccc(N2CCC[C@H]3CCCC[C@H]32)nc1. The van der Waals surface area contributed by atoms with Gasteiger partial charge in [-0.3, -0.25) is 0 Å². The van der Waals surface area contributed by atoms with Crippen molar-refractivity contribution in [1.29, 1.82) is 0 Å². The molecule has 1 saturated heterocycles. The molecule has 1 aliphatic heterocycles. The summed E-state index contributed by atoms with van der Waals surface area (Å²) in [6.45, 7) is 1.10. The van der Waals surface area contributed by atoms with E-state index in [4.69, 9.17) is 5.11 Å². The van der Waals surface area contributed by atoms with Crippen LogP contribution in [0.1, 0.15) is 44.1 Å². The Balaban J connectivity index is 1.75. The van der Waals surface area contributed by atoms with Crippen molar-refractivity contribution in [3.63, 3.8) is 0 Å². The highest BCUT2D eigenvalue weighted by molar-refractivity contribution is 5.85. The van der Waals surface area contributed by atoms with Gasteiger partial charge in [0.15, 0.2) is 0 Å². The van der Waals surface area contributed by atoms with Crippen molar-refractivity contribution in [1.82, 2.24) is 4.98 Å². The molecule has 0 amide bonds. The Morgan fingerprint density at radius 1 is 1.24 bits per heavy atom. The predicted molar refractivity (Wildman–Crippen MR) is 83.2 cm³/mol. The third kappa shape index (κ3) is 3.26. The van der Waals surface area contributed by atoms with Crippen molar-refractivity contribution in [2.45, 2.75) is 44.6 Å². The molecule has 0 unspecified atom stereocenters. The molecule has 1 aromatic rings. The van der Waals surface area contributed by atoms with Crippen molar-refractivity contribution in [3.05, 3.63) is 30.0 Å². The Labute approximate surface area is 125 Å². The Bertz CT molecular complexity index is 522. The number of aliphatic carboxylic acids is 1. The maximum absolute atomic E-state index is 10.5. The molecule has 2 fully saturated rings. The van der Waals surface area contributed by atoms with Crippen molar-refractivity contribution < 1.29 is 9.90 Å². The zero-order valence-electron chi connectivity index (χ0n) is 12.2. The lowest BCUT2D eigenvalue weighted by molar-refractivity contribution is -0.131. The second-order valence-corrected chi connectivity index (χ2v) is 6.07. The van der Waals surface area contributed by atoms with Crippen LogP contribution in [0.15, 0.2) is 24.4 Å². The van der Waals surface area contributed by atoms with Crippen LogP contribution in [0.2, 0.25) is 0 Å². The van der Waals surface area contributed by atoms with Gasteiger partial charge in [-0.05, 0) is 55.4 Å². The van der Waals surface area contributed by atoms with E-state index in [0.29, 0.717) is 6.04 Å². The highest BCUT2D eigenvalue weighted by Gasteiger charge is 2.33. The highest BCUT2D eigenvalue weighted by atomic mass is 16.4. The first-order valence-corrected chi connectivity index (χ1v) is 7.88. The second kappa shape index (κ2) is 6.29. The molecular weight excluding hydrogens is 264 g/mol. The normalized spacial score (nSPS) is 25.8. The van der Waals surface area contributed by atoms with Gasteiger partial charge in [-0.25, -0.2) is 9.78 Å². The van der Waals surface area contributed by atoms with Crippen LogP contribution in [0.3, 0.4) is 0 Å². The fourth-order valence-electron chi connectivity index (χ4n) is 3.74. The molecule has 2 aliphatic rings. The van der Waals surface area contributed by atoms with Gasteiger partial charge in [0.2, 0.25) is 0 Å². The minimum Gasteiger partial charge on any atom is -0.478 e. The molecule has 2 heterocycles. The number of nitrogens with zero attached hydrogens (tertiary/aromatic N) is 2. The van der Waals surface area contributed by atoms with Gasteiger partial charge in [-0.2, -0.15) is 0 Å². The van der Waals surface area contributed by atoms with Crippen molar-refractivity contribution in [3.8, 4) is 0 Å². The van der Waals surface area contributed by atoms with Gasteiger partial charge in [0.25, 0.3) is 0 Å². The Morgan fingerprint density at radius 2 is 2.05 bits per heavy atom. The van der Waals surface area contributed by atoms with Gasteiger partial charge in [-0.15, -0.1) is 0 Å². The number of hydrogen-bond donors (Lipinski definition) is 1. The maximum atomic E-state index is 10.5. The van der Waals surface area contributed by atoms with Gasteiger partial charge >= 0.3 is 5.97 Å². The summed E-state index contributed by atoms with van der Waals surface area (Å²) in [4.78, 5) is 17.6. The third-order valence-electron chi connectivity index (χ3n) is 4.73. The molecule has 0 spiro atoms. The lowest BCUT2D eigenvalue weighted by atomic mass is 9.78. The summed E-state index contributed by atoms with van der Waals surface area (Å²) in [6, 6.07) is 4.63. The number of piperidine rings is 1. The average Bonchev–Trinajstić information content (AvgIpc) is 2.53. The molecule has 112 valence electrons. The number of carbonyl (C=O) groups is 1. The summed E-state index contributed by atoms with van der Waals surface area (Å²) in [6.07, 6.45) is 12.5. The monoisotopic (exact) mass is 286 g/mol. The molecule has 4 heteroatoms. The van der Waals surface area contributed by atoms with Crippen LogP contribution in [0.5, 0.6) is 0 Å². The van der Waals surface area contributed by atoms with Gasteiger partial charge in [-0.1, -0.05) is 12.8 Å². The summed E-state index contributed by atoms with van der Waals surface area (Å²) >= 11 is 0. The first kappa shape index (κ1) is 14.1. The second-order valence-electron chi connectivity index (χ2n) is 6.07. The van der Waals surface area contributed by atoms with Crippen LogP contribution in [-0.2, 0) is 4.79 Å².